The summed E-state index contributed by atoms with van der Waals surface area (Å²) in [5.41, 5.74) is 5.98. The molecule has 5 nitrogen and oxygen atoms in total. The number of nitrogens with two attached hydrogens (primary N) is 1. The Morgan fingerprint density at radius 1 is 1.65 bits per heavy atom. The van der Waals surface area contributed by atoms with Gasteiger partial charge < -0.3 is 15.4 Å². The van der Waals surface area contributed by atoms with Crippen molar-refractivity contribution in [2.24, 2.45) is 0 Å². The number of carbonyl (C=O) groups excluding carboxylic acids is 1. The zero-order chi connectivity index (χ0) is 12.3. The second-order valence-electron chi connectivity index (χ2n) is 4.02. The summed E-state index contributed by atoms with van der Waals surface area (Å²) >= 11 is 1.30. The Morgan fingerprint density at radius 3 is 2.88 bits per heavy atom. The summed E-state index contributed by atoms with van der Waals surface area (Å²) in [5, 5.41) is 2.16. The lowest BCUT2D eigenvalue weighted by atomic mass is 10.1. The van der Waals surface area contributed by atoms with Crippen molar-refractivity contribution in [3.63, 3.8) is 0 Å². The summed E-state index contributed by atoms with van der Waals surface area (Å²) < 4.78 is 5.55. The smallest absolute Gasteiger partial charge is 0.273 e. The maximum Gasteiger partial charge on any atom is 0.273 e. The maximum atomic E-state index is 12.1. The summed E-state index contributed by atoms with van der Waals surface area (Å²) in [6, 6.07) is 0. The van der Waals surface area contributed by atoms with Crippen molar-refractivity contribution in [3.8, 4) is 0 Å². The lowest BCUT2D eigenvalue weighted by molar-refractivity contribution is 0.0144. The van der Waals surface area contributed by atoms with Crippen molar-refractivity contribution in [2.45, 2.75) is 25.9 Å². The highest BCUT2D eigenvalue weighted by Crippen LogP contribution is 2.18. The first-order valence-corrected chi connectivity index (χ1v) is 6.70. The van der Waals surface area contributed by atoms with E-state index in [0.29, 0.717) is 16.9 Å². The molecule has 0 radical (unpaired) electrons. The topological polar surface area (TPSA) is 68.5 Å². The molecule has 1 aromatic heterocycles. The highest BCUT2D eigenvalue weighted by molar-refractivity contribution is 7.13. The number of hydrogen-bond acceptors (Lipinski definition) is 5. The van der Waals surface area contributed by atoms with Gasteiger partial charge in [0, 0.05) is 25.1 Å². The van der Waals surface area contributed by atoms with E-state index in [9.17, 15) is 4.79 Å². The van der Waals surface area contributed by atoms with E-state index >= 15 is 0 Å². The lowest BCUT2D eigenvalue weighted by Gasteiger charge is -2.31. The van der Waals surface area contributed by atoms with Gasteiger partial charge in [-0.2, -0.15) is 0 Å². The van der Waals surface area contributed by atoms with Crippen LogP contribution in [0, 0.1) is 0 Å². The molecule has 0 saturated carbocycles. The normalized spacial score (nSPS) is 17.4. The molecular weight excluding hydrogens is 238 g/mol. The molecule has 17 heavy (non-hydrogen) atoms. The highest BCUT2D eigenvalue weighted by atomic mass is 32.1. The number of nitrogens with zero attached hydrogens (tertiary/aromatic N) is 2. The fraction of sp³-hybridized carbons (Fsp3) is 0.636. The average molecular weight is 255 g/mol. The van der Waals surface area contributed by atoms with Gasteiger partial charge in [0.15, 0.2) is 5.13 Å². The third kappa shape index (κ3) is 2.95. The molecule has 1 aliphatic rings. The largest absolute Gasteiger partial charge is 0.378 e. The van der Waals surface area contributed by atoms with Crippen LogP contribution in [0.3, 0.4) is 0 Å². The molecule has 2 heterocycles. The Kier molecular flexibility index (Phi) is 3.96. The summed E-state index contributed by atoms with van der Waals surface area (Å²) in [6.45, 7) is 4.21. The fourth-order valence-electron chi connectivity index (χ4n) is 2.01. The molecule has 0 aromatic carbocycles. The van der Waals surface area contributed by atoms with E-state index in [-0.39, 0.29) is 5.91 Å². The second-order valence-corrected chi connectivity index (χ2v) is 4.91. The number of amides is 1. The van der Waals surface area contributed by atoms with Gasteiger partial charge in [0.1, 0.15) is 5.69 Å². The van der Waals surface area contributed by atoms with Gasteiger partial charge in [-0.05, 0) is 19.8 Å². The van der Waals surface area contributed by atoms with Crippen LogP contribution in [0.15, 0.2) is 5.38 Å². The van der Waals surface area contributed by atoms with Gasteiger partial charge in [0.25, 0.3) is 5.91 Å². The first-order valence-electron chi connectivity index (χ1n) is 5.82. The van der Waals surface area contributed by atoms with E-state index in [1.165, 1.54) is 11.3 Å². The Bertz CT molecular complexity index is 386. The number of aromatic nitrogens is 1. The number of hydrogen-bond donors (Lipinski definition) is 1. The third-order valence-corrected chi connectivity index (χ3v) is 3.55. The molecule has 1 aliphatic heterocycles. The van der Waals surface area contributed by atoms with Gasteiger partial charge in [-0.15, -0.1) is 11.3 Å². The molecule has 1 aromatic rings. The molecular formula is C11H17N3O2S. The molecule has 1 amide bonds. The van der Waals surface area contributed by atoms with Crippen molar-refractivity contribution in [3.05, 3.63) is 11.1 Å². The number of nitrogen functional groups attached to an aromatic ring is 1. The monoisotopic (exact) mass is 255 g/mol. The average Bonchev–Trinajstić information content (AvgIpc) is 2.76. The molecule has 6 heteroatoms. The number of piperidine rings is 1. The van der Waals surface area contributed by atoms with Crippen molar-refractivity contribution < 1.29 is 9.53 Å². The maximum absolute atomic E-state index is 12.1. The predicted octanol–water partition coefficient (Wildman–Crippen LogP) is 1.37. The van der Waals surface area contributed by atoms with Gasteiger partial charge in [-0.3, -0.25) is 4.79 Å². The number of likely N-dealkylation sites (tertiary alicyclic amines) is 1. The molecule has 94 valence electrons. The number of ether oxygens (including phenoxy) is 1. The summed E-state index contributed by atoms with van der Waals surface area (Å²) in [4.78, 5) is 17.9. The quantitative estimate of drug-likeness (QED) is 0.885. The zero-order valence-electron chi connectivity index (χ0n) is 9.89. The molecule has 1 fully saturated rings. The lowest BCUT2D eigenvalue weighted by Crippen LogP contribution is -2.41. The van der Waals surface area contributed by atoms with E-state index in [4.69, 9.17) is 10.5 Å². The van der Waals surface area contributed by atoms with Crippen LogP contribution >= 0.6 is 11.3 Å². The molecule has 0 spiro atoms. The number of thiazole rings is 1. The van der Waals surface area contributed by atoms with Gasteiger partial charge in [-0.25, -0.2) is 4.98 Å². The fourth-order valence-corrected chi connectivity index (χ4v) is 2.55. The van der Waals surface area contributed by atoms with Crippen LogP contribution in [-0.2, 0) is 4.74 Å². The third-order valence-electron chi connectivity index (χ3n) is 2.87. The molecule has 0 aliphatic carbocycles. The van der Waals surface area contributed by atoms with E-state index in [1.807, 2.05) is 11.8 Å². The summed E-state index contributed by atoms with van der Waals surface area (Å²) in [6.07, 6.45) is 2.10. The van der Waals surface area contributed by atoms with Crippen LogP contribution < -0.4 is 5.73 Å². The van der Waals surface area contributed by atoms with Crippen molar-refractivity contribution >= 4 is 22.4 Å². The van der Waals surface area contributed by atoms with Gasteiger partial charge in [0.05, 0.1) is 6.10 Å². The van der Waals surface area contributed by atoms with Crippen LogP contribution in [-0.4, -0.2) is 41.6 Å². The van der Waals surface area contributed by atoms with E-state index in [0.717, 1.165) is 32.5 Å². The SMILES string of the molecule is CCOC1CCN(C(=O)c2csc(N)n2)CC1. The van der Waals surface area contributed by atoms with Gasteiger partial charge in [-0.1, -0.05) is 0 Å². The molecule has 1 saturated heterocycles. The van der Waals surface area contributed by atoms with Gasteiger partial charge in [0.2, 0.25) is 0 Å². The molecule has 0 atom stereocenters. The first-order chi connectivity index (χ1) is 8.20. The molecule has 2 N–H and O–H groups in total. The Morgan fingerprint density at radius 2 is 2.35 bits per heavy atom. The Balaban J connectivity index is 1.90. The number of rotatable bonds is 3. The van der Waals surface area contributed by atoms with Crippen LogP contribution in [0.5, 0.6) is 0 Å². The first kappa shape index (κ1) is 12.3. The minimum atomic E-state index is -0.0205. The van der Waals surface area contributed by atoms with Gasteiger partial charge >= 0.3 is 0 Å². The highest BCUT2D eigenvalue weighted by Gasteiger charge is 2.24. The Hall–Kier alpha value is -1.14. The summed E-state index contributed by atoms with van der Waals surface area (Å²) in [5.74, 6) is -0.0205. The van der Waals surface area contributed by atoms with Crippen molar-refractivity contribution in [2.75, 3.05) is 25.4 Å². The molecule has 0 unspecified atom stereocenters. The molecule has 2 rings (SSSR count). The standard InChI is InChI=1S/C11H17N3O2S/c1-2-16-8-3-5-14(6-4-8)10(15)9-7-17-11(12)13-9/h7-8H,2-6H2,1H3,(H2,12,13). The van der Waals surface area contributed by atoms with Crippen LogP contribution in [0.2, 0.25) is 0 Å². The van der Waals surface area contributed by atoms with Crippen LogP contribution in [0.25, 0.3) is 0 Å². The van der Waals surface area contributed by atoms with E-state index in [2.05, 4.69) is 4.98 Å². The summed E-state index contributed by atoms with van der Waals surface area (Å²) in [7, 11) is 0. The van der Waals surface area contributed by atoms with E-state index < -0.39 is 0 Å². The Labute approximate surface area is 105 Å². The minimum absolute atomic E-state index is 0.0205. The van der Waals surface area contributed by atoms with Crippen LogP contribution in [0.1, 0.15) is 30.3 Å². The molecule has 0 bridgehead atoms. The van der Waals surface area contributed by atoms with Crippen molar-refractivity contribution in [1.29, 1.82) is 0 Å². The minimum Gasteiger partial charge on any atom is -0.378 e. The van der Waals surface area contributed by atoms with E-state index in [1.54, 1.807) is 5.38 Å². The number of carbonyl (C=O) groups is 1. The van der Waals surface area contributed by atoms with Crippen LogP contribution in [0.4, 0.5) is 5.13 Å². The predicted molar refractivity (Wildman–Crippen MR) is 67.1 cm³/mol. The van der Waals surface area contributed by atoms with Crippen molar-refractivity contribution in [1.82, 2.24) is 9.88 Å². The second kappa shape index (κ2) is 5.46. The zero-order valence-corrected chi connectivity index (χ0v) is 10.7. The number of anilines is 1.